The SMILES string of the molecule is O=C(N[C@H]1CCCCN(c2ccccc2)C1=O)[C@H](CC[C@H](Cc1ccc(F)cc1)C(=O)N[C@H]1CCC[C@H]2CCCCN2C1=O)Cc1ccc(F)cc1. The summed E-state index contributed by atoms with van der Waals surface area (Å²) in [7, 11) is 0. The van der Waals surface area contributed by atoms with Crippen molar-refractivity contribution < 1.29 is 28.0 Å². The highest BCUT2D eigenvalue weighted by atomic mass is 19.1. The van der Waals surface area contributed by atoms with Gasteiger partial charge >= 0.3 is 0 Å². The molecule has 3 heterocycles. The van der Waals surface area contributed by atoms with Crippen LogP contribution in [-0.2, 0) is 32.0 Å². The van der Waals surface area contributed by atoms with E-state index < -0.39 is 23.9 Å². The maximum atomic E-state index is 14.1. The molecule has 276 valence electrons. The number of nitrogens with zero attached hydrogens (tertiary/aromatic N) is 2. The molecular formula is C42H50F2N4O4. The van der Waals surface area contributed by atoms with Crippen LogP contribution in [0.5, 0.6) is 0 Å². The van der Waals surface area contributed by atoms with Gasteiger partial charge in [0.05, 0.1) is 0 Å². The second-order valence-corrected chi connectivity index (χ2v) is 14.7. The van der Waals surface area contributed by atoms with E-state index in [1.165, 1.54) is 24.3 Å². The first-order valence-electron chi connectivity index (χ1n) is 19.0. The average molecular weight is 713 g/mol. The third kappa shape index (κ3) is 9.63. The summed E-state index contributed by atoms with van der Waals surface area (Å²) in [5, 5.41) is 6.14. The normalized spacial score (nSPS) is 22.1. The Kier molecular flexibility index (Phi) is 12.7. The summed E-state index contributed by atoms with van der Waals surface area (Å²) >= 11 is 0. The number of hydrogen-bond donors (Lipinski definition) is 2. The molecule has 6 rings (SSSR count). The first kappa shape index (κ1) is 37.2. The molecule has 0 spiro atoms. The van der Waals surface area contributed by atoms with Gasteiger partial charge in [-0.05, 0) is 131 Å². The van der Waals surface area contributed by atoms with Gasteiger partial charge in [0.1, 0.15) is 23.7 Å². The lowest BCUT2D eigenvalue weighted by molar-refractivity contribution is -0.139. The van der Waals surface area contributed by atoms with Crippen LogP contribution < -0.4 is 15.5 Å². The zero-order chi connectivity index (χ0) is 36.5. The Morgan fingerprint density at radius 1 is 0.615 bits per heavy atom. The van der Waals surface area contributed by atoms with E-state index in [4.69, 9.17) is 0 Å². The van der Waals surface area contributed by atoms with Gasteiger partial charge in [-0.25, -0.2) is 8.78 Å². The van der Waals surface area contributed by atoms with Gasteiger partial charge in [0.2, 0.25) is 23.6 Å². The molecule has 2 N–H and O–H groups in total. The highest BCUT2D eigenvalue weighted by Gasteiger charge is 2.37. The lowest BCUT2D eigenvalue weighted by atomic mass is 9.86. The van der Waals surface area contributed by atoms with Crippen LogP contribution in [0.1, 0.15) is 81.8 Å². The van der Waals surface area contributed by atoms with Crippen molar-refractivity contribution in [2.24, 2.45) is 11.8 Å². The smallest absolute Gasteiger partial charge is 0.249 e. The van der Waals surface area contributed by atoms with E-state index in [0.29, 0.717) is 45.2 Å². The molecule has 3 saturated heterocycles. The van der Waals surface area contributed by atoms with Gasteiger partial charge in [0.25, 0.3) is 0 Å². The quantitative estimate of drug-likeness (QED) is 0.224. The molecule has 8 nitrogen and oxygen atoms in total. The molecule has 5 atom stereocenters. The lowest BCUT2D eigenvalue weighted by Crippen LogP contribution is -2.52. The average Bonchev–Trinajstić information content (AvgIpc) is 3.43. The molecule has 4 amide bonds. The molecule has 3 fully saturated rings. The standard InChI is InChI=1S/C42H50F2N4O4/c43-33-21-15-29(16-22-33)27-31(39(49)45-37-13-5-7-26-47(41(37)51)35-9-2-1-3-10-35)19-20-32(28-30-17-23-34(44)24-18-30)40(50)46-38-14-8-12-36-11-4-6-25-48(36)42(38)52/h1-3,9-10,15-18,21-24,31-32,36-38H,4-8,11-14,19-20,25-28H2,(H,45,49)(H,46,50)/t31-,32-,36-,37+,38+/m1/s1. The zero-order valence-electron chi connectivity index (χ0n) is 29.8. The van der Waals surface area contributed by atoms with Crippen LogP contribution in [0.3, 0.4) is 0 Å². The fourth-order valence-electron chi connectivity index (χ4n) is 8.09. The van der Waals surface area contributed by atoms with Crippen molar-refractivity contribution in [3.63, 3.8) is 0 Å². The fraction of sp³-hybridized carbons (Fsp3) is 0.476. The van der Waals surface area contributed by atoms with Crippen molar-refractivity contribution in [1.29, 1.82) is 0 Å². The number of benzene rings is 3. The molecular weight excluding hydrogens is 662 g/mol. The van der Waals surface area contributed by atoms with Gasteiger partial charge < -0.3 is 20.4 Å². The third-order valence-electron chi connectivity index (χ3n) is 11.0. The number of hydrogen-bond acceptors (Lipinski definition) is 4. The highest BCUT2D eigenvalue weighted by Crippen LogP contribution is 2.28. The van der Waals surface area contributed by atoms with Crippen molar-refractivity contribution in [1.82, 2.24) is 15.5 Å². The van der Waals surface area contributed by atoms with E-state index in [-0.39, 0.29) is 47.7 Å². The molecule has 3 aromatic carbocycles. The Hall–Kier alpha value is -4.60. The minimum absolute atomic E-state index is 0.0257. The van der Waals surface area contributed by atoms with E-state index in [9.17, 15) is 28.0 Å². The maximum absolute atomic E-state index is 14.1. The van der Waals surface area contributed by atoms with Crippen molar-refractivity contribution in [2.45, 2.75) is 102 Å². The van der Waals surface area contributed by atoms with Gasteiger partial charge in [-0.15, -0.1) is 0 Å². The number of fused-ring (bicyclic) bond motifs is 1. The molecule has 52 heavy (non-hydrogen) atoms. The van der Waals surface area contributed by atoms with Crippen LogP contribution in [0.4, 0.5) is 14.5 Å². The Morgan fingerprint density at radius 2 is 1.12 bits per heavy atom. The summed E-state index contributed by atoms with van der Waals surface area (Å²) in [6.07, 6.45) is 8.74. The van der Waals surface area contributed by atoms with Crippen LogP contribution in [0.2, 0.25) is 0 Å². The Balaban J connectivity index is 1.20. The summed E-state index contributed by atoms with van der Waals surface area (Å²) in [5.74, 6) is -2.73. The molecule has 3 aliphatic heterocycles. The second-order valence-electron chi connectivity index (χ2n) is 14.7. The predicted molar refractivity (Wildman–Crippen MR) is 196 cm³/mol. The Labute approximate surface area is 305 Å². The minimum atomic E-state index is -0.705. The number of piperidine rings is 1. The lowest BCUT2D eigenvalue weighted by Gasteiger charge is -2.35. The topological polar surface area (TPSA) is 98.8 Å². The molecule has 0 bridgehead atoms. The number of rotatable bonds is 12. The van der Waals surface area contributed by atoms with Crippen LogP contribution in [0, 0.1) is 23.5 Å². The van der Waals surface area contributed by atoms with Crippen LogP contribution >= 0.6 is 0 Å². The molecule has 3 aliphatic rings. The van der Waals surface area contributed by atoms with Crippen LogP contribution in [0.15, 0.2) is 78.9 Å². The van der Waals surface area contributed by atoms with Gasteiger partial charge in [-0.1, -0.05) is 42.5 Å². The summed E-state index contributed by atoms with van der Waals surface area (Å²) in [4.78, 5) is 59.3. The van der Waals surface area contributed by atoms with E-state index >= 15 is 0 Å². The van der Waals surface area contributed by atoms with E-state index in [0.717, 1.165) is 61.8 Å². The van der Waals surface area contributed by atoms with Gasteiger partial charge in [-0.3, -0.25) is 19.2 Å². The number of halogens is 2. The molecule has 0 aliphatic carbocycles. The summed E-state index contributed by atoms with van der Waals surface area (Å²) in [5.41, 5.74) is 2.32. The Morgan fingerprint density at radius 3 is 1.71 bits per heavy atom. The molecule has 0 aromatic heterocycles. The van der Waals surface area contributed by atoms with Crippen LogP contribution in [0.25, 0.3) is 0 Å². The number of carbonyl (C=O) groups excluding carboxylic acids is 4. The summed E-state index contributed by atoms with van der Waals surface area (Å²) in [6.45, 7) is 1.28. The number of anilines is 1. The number of para-hydroxylation sites is 1. The van der Waals surface area contributed by atoms with Crippen molar-refractivity contribution in [3.05, 3.63) is 102 Å². The third-order valence-corrected chi connectivity index (χ3v) is 11.0. The molecule has 0 saturated carbocycles. The fourth-order valence-corrected chi connectivity index (χ4v) is 8.09. The second kappa shape index (κ2) is 17.8. The van der Waals surface area contributed by atoms with Crippen LogP contribution in [-0.4, -0.2) is 59.7 Å². The number of nitrogens with one attached hydrogen (secondary N) is 2. The Bertz CT molecular complexity index is 1670. The van der Waals surface area contributed by atoms with Gasteiger partial charge in [0.15, 0.2) is 0 Å². The first-order valence-corrected chi connectivity index (χ1v) is 19.0. The monoisotopic (exact) mass is 712 g/mol. The van der Waals surface area contributed by atoms with E-state index in [1.807, 2.05) is 35.2 Å². The summed E-state index contributed by atoms with van der Waals surface area (Å²) in [6, 6.07) is 20.4. The van der Waals surface area contributed by atoms with E-state index in [1.54, 1.807) is 29.2 Å². The zero-order valence-corrected chi connectivity index (χ0v) is 29.8. The molecule has 0 unspecified atom stereocenters. The number of carbonyl (C=O) groups is 4. The van der Waals surface area contributed by atoms with E-state index in [2.05, 4.69) is 10.6 Å². The van der Waals surface area contributed by atoms with Crippen molar-refractivity contribution in [2.75, 3.05) is 18.0 Å². The molecule has 3 aromatic rings. The predicted octanol–water partition coefficient (Wildman–Crippen LogP) is 6.51. The summed E-state index contributed by atoms with van der Waals surface area (Å²) < 4.78 is 27.7. The first-order chi connectivity index (χ1) is 25.2. The maximum Gasteiger partial charge on any atom is 0.249 e. The van der Waals surface area contributed by atoms with Crippen molar-refractivity contribution >= 4 is 29.3 Å². The highest BCUT2D eigenvalue weighted by molar-refractivity contribution is 5.99. The van der Waals surface area contributed by atoms with Gasteiger partial charge in [-0.2, -0.15) is 0 Å². The van der Waals surface area contributed by atoms with Gasteiger partial charge in [0, 0.05) is 36.7 Å². The van der Waals surface area contributed by atoms with Crippen molar-refractivity contribution in [3.8, 4) is 0 Å². The largest absolute Gasteiger partial charge is 0.344 e. The molecule has 0 radical (unpaired) electrons. The molecule has 10 heteroatoms. The number of amides is 4. The minimum Gasteiger partial charge on any atom is -0.344 e.